The third-order valence-corrected chi connectivity index (χ3v) is 6.46. The highest BCUT2D eigenvalue weighted by atomic mass is 19.4. The van der Waals surface area contributed by atoms with Crippen molar-refractivity contribution < 1.29 is 17.9 Å². The van der Waals surface area contributed by atoms with E-state index in [1.165, 1.54) is 5.56 Å². The normalized spacial score (nSPS) is 12.2. The second-order valence-electron chi connectivity index (χ2n) is 10.6. The van der Waals surface area contributed by atoms with Crippen molar-refractivity contribution in [1.82, 2.24) is 29.7 Å². The summed E-state index contributed by atoms with van der Waals surface area (Å²) in [6.45, 7) is 9.80. The topological polar surface area (TPSA) is 93.5 Å². The first kappa shape index (κ1) is 27.2. The van der Waals surface area contributed by atoms with E-state index in [2.05, 4.69) is 75.9 Å². The van der Waals surface area contributed by atoms with Crippen molar-refractivity contribution >= 4 is 17.0 Å². The number of fused-ring (bicyclic) bond motifs is 1. The minimum Gasteiger partial charge on any atom is -0.424 e. The van der Waals surface area contributed by atoms with E-state index >= 15 is 0 Å². The molecule has 40 heavy (non-hydrogen) atoms. The highest BCUT2D eigenvalue weighted by molar-refractivity contribution is 5.79. The Morgan fingerprint density at radius 1 is 0.950 bits per heavy atom. The minimum atomic E-state index is -4.50. The monoisotopic (exact) mass is 549 g/mol. The van der Waals surface area contributed by atoms with Crippen LogP contribution >= 0.6 is 0 Å². The first-order chi connectivity index (χ1) is 19.0. The fourth-order valence-electron chi connectivity index (χ4n) is 4.27. The molecule has 0 fully saturated rings. The van der Waals surface area contributed by atoms with Crippen LogP contribution in [-0.2, 0) is 31.1 Å². The summed E-state index contributed by atoms with van der Waals surface area (Å²) in [5.74, 6) is 1.19. The summed E-state index contributed by atoms with van der Waals surface area (Å²) in [6.07, 6.45) is -2.35. The Balaban J connectivity index is 1.24. The summed E-state index contributed by atoms with van der Waals surface area (Å²) >= 11 is 0. The number of halogens is 3. The largest absolute Gasteiger partial charge is 0.424 e. The average molecular weight is 550 g/mol. The second kappa shape index (κ2) is 10.6. The summed E-state index contributed by atoms with van der Waals surface area (Å²) in [4.78, 5) is 12.1. The first-order valence-corrected chi connectivity index (χ1v) is 12.9. The van der Waals surface area contributed by atoms with Crippen molar-refractivity contribution in [2.45, 2.75) is 58.8 Å². The van der Waals surface area contributed by atoms with Crippen molar-refractivity contribution in [2.24, 2.45) is 0 Å². The molecule has 5 aromatic rings. The number of rotatable bonds is 8. The number of anilines is 1. The zero-order valence-corrected chi connectivity index (χ0v) is 22.7. The van der Waals surface area contributed by atoms with Gasteiger partial charge in [0, 0.05) is 43.0 Å². The maximum Gasteiger partial charge on any atom is 0.419 e. The molecule has 8 nitrogen and oxygen atoms in total. The molecule has 11 heteroatoms. The van der Waals surface area contributed by atoms with Crippen LogP contribution in [0.25, 0.3) is 11.0 Å². The summed E-state index contributed by atoms with van der Waals surface area (Å²) in [5, 5.41) is 11.0. The van der Waals surface area contributed by atoms with Crippen molar-refractivity contribution in [3.05, 3.63) is 89.0 Å². The number of aromatic nitrogens is 6. The lowest BCUT2D eigenvalue weighted by Crippen LogP contribution is -2.11. The average Bonchev–Trinajstić information content (AvgIpc) is 3.52. The van der Waals surface area contributed by atoms with Gasteiger partial charge in [-0.3, -0.25) is 5.10 Å². The third-order valence-electron chi connectivity index (χ3n) is 6.46. The summed E-state index contributed by atoms with van der Waals surface area (Å²) < 4.78 is 45.7. The van der Waals surface area contributed by atoms with Crippen LogP contribution in [-0.4, -0.2) is 29.7 Å². The minimum absolute atomic E-state index is 0.00602. The highest BCUT2D eigenvalue weighted by Gasteiger charge is 2.31. The molecule has 0 saturated heterocycles. The highest BCUT2D eigenvalue weighted by Crippen LogP contribution is 2.29. The third kappa shape index (κ3) is 6.08. The number of H-pyrrole nitrogens is 1. The molecule has 0 unspecified atom stereocenters. The Kier molecular flexibility index (Phi) is 7.22. The van der Waals surface area contributed by atoms with Gasteiger partial charge in [-0.25, -0.2) is 15.0 Å². The number of aromatic amines is 1. The summed E-state index contributed by atoms with van der Waals surface area (Å²) in [5.41, 5.74) is 5.29. The number of nitrogens with one attached hydrogen (secondary N) is 2. The number of nitrogens with zero attached hydrogens (tertiary/aromatic N) is 5. The van der Waals surface area contributed by atoms with Crippen LogP contribution in [0.15, 0.2) is 60.9 Å². The molecule has 0 aliphatic heterocycles. The van der Waals surface area contributed by atoms with E-state index in [9.17, 15) is 13.2 Å². The quantitative estimate of drug-likeness (QED) is 0.219. The summed E-state index contributed by atoms with van der Waals surface area (Å²) in [7, 11) is 0. The molecule has 208 valence electrons. The number of hydrogen-bond donors (Lipinski definition) is 2. The summed E-state index contributed by atoms with van der Waals surface area (Å²) in [6, 6.07) is 15.4. The van der Waals surface area contributed by atoms with Crippen LogP contribution < -0.4 is 10.1 Å². The molecule has 0 aliphatic carbocycles. The van der Waals surface area contributed by atoms with Gasteiger partial charge in [0.15, 0.2) is 0 Å². The fraction of sp³-hybridized carbons (Fsp3) is 0.310. The molecule has 0 spiro atoms. The molecule has 0 radical (unpaired) electrons. The van der Waals surface area contributed by atoms with E-state index in [0.717, 1.165) is 46.9 Å². The Morgan fingerprint density at radius 3 is 2.27 bits per heavy atom. The molecule has 0 atom stereocenters. The molecule has 0 aliphatic rings. The van der Waals surface area contributed by atoms with Crippen LogP contribution in [0.4, 0.5) is 19.1 Å². The standard InChI is InChI=1S/C29H30F3N7O/c1-5-39-24-13-19(12-21-14-25(38-37-21)28(2,3)4)8-11-23(24)36-26(39)33-15-18-6-9-22(10-7-18)40-27-34-16-20(17-35-27)29(30,31)32/h6-11,13-14,16-17H,5,12,15H2,1-4H3,(H,33,36)(H,37,38). The maximum absolute atomic E-state index is 12.7. The molecule has 5 rings (SSSR count). The van der Waals surface area contributed by atoms with Crippen molar-refractivity contribution in [2.75, 3.05) is 5.32 Å². The molecule has 3 heterocycles. The van der Waals surface area contributed by atoms with Crippen molar-refractivity contribution in [3.63, 3.8) is 0 Å². The molecule has 0 saturated carbocycles. The second-order valence-corrected chi connectivity index (χ2v) is 10.6. The van der Waals surface area contributed by atoms with E-state index in [4.69, 9.17) is 9.72 Å². The molecule has 2 N–H and O–H groups in total. The Hall–Kier alpha value is -4.41. The van der Waals surface area contributed by atoms with Crippen LogP contribution in [0.2, 0.25) is 0 Å². The number of ether oxygens (including phenoxy) is 1. The predicted octanol–water partition coefficient (Wildman–Crippen LogP) is 6.88. The number of aryl methyl sites for hydroxylation is 1. The van der Waals surface area contributed by atoms with Gasteiger partial charge in [-0.2, -0.15) is 18.3 Å². The maximum atomic E-state index is 12.7. The van der Waals surface area contributed by atoms with Crippen LogP contribution in [0.5, 0.6) is 11.8 Å². The SMILES string of the molecule is CCn1c(NCc2ccc(Oc3ncc(C(F)(F)F)cn3)cc2)nc2ccc(Cc3cc(C(C)(C)C)n[nH]3)cc21. The van der Waals surface area contributed by atoms with Gasteiger partial charge < -0.3 is 14.6 Å². The van der Waals surface area contributed by atoms with Gasteiger partial charge in [-0.05, 0) is 48.4 Å². The van der Waals surface area contributed by atoms with Crippen molar-refractivity contribution in [1.29, 1.82) is 0 Å². The molecule has 2 aromatic carbocycles. The number of hydrogen-bond acceptors (Lipinski definition) is 6. The Bertz CT molecular complexity index is 1600. The number of imidazole rings is 1. The van der Waals surface area contributed by atoms with Gasteiger partial charge >= 0.3 is 12.2 Å². The Morgan fingerprint density at radius 2 is 1.65 bits per heavy atom. The van der Waals surface area contributed by atoms with Gasteiger partial charge in [-0.1, -0.05) is 39.0 Å². The Labute approximate surface area is 229 Å². The molecule has 0 amide bonds. The fourth-order valence-corrected chi connectivity index (χ4v) is 4.27. The predicted molar refractivity (Wildman–Crippen MR) is 146 cm³/mol. The zero-order chi connectivity index (χ0) is 28.5. The molecule has 3 aromatic heterocycles. The van der Waals surface area contributed by atoms with E-state index in [1.54, 1.807) is 12.1 Å². The van der Waals surface area contributed by atoms with E-state index in [-0.39, 0.29) is 11.4 Å². The van der Waals surface area contributed by atoms with Crippen LogP contribution in [0, 0.1) is 0 Å². The zero-order valence-electron chi connectivity index (χ0n) is 22.7. The van der Waals surface area contributed by atoms with Gasteiger partial charge in [0.05, 0.1) is 22.3 Å². The number of benzene rings is 2. The lowest BCUT2D eigenvalue weighted by molar-refractivity contribution is -0.138. The van der Waals surface area contributed by atoms with Gasteiger partial charge in [0.2, 0.25) is 5.95 Å². The van der Waals surface area contributed by atoms with Crippen molar-refractivity contribution in [3.8, 4) is 11.8 Å². The molecular formula is C29H30F3N7O. The molecular weight excluding hydrogens is 519 g/mol. The van der Waals surface area contributed by atoms with E-state index in [1.807, 2.05) is 18.2 Å². The van der Waals surface area contributed by atoms with Gasteiger partial charge in [-0.15, -0.1) is 0 Å². The van der Waals surface area contributed by atoms with Crippen LogP contribution in [0.3, 0.4) is 0 Å². The van der Waals surface area contributed by atoms with Crippen LogP contribution in [0.1, 0.15) is 55.8 Å². The van der Waals surface area contributed by atoms with Gasteiger partial charge in [0.25, 0.3) is 0 Å². The number of alkyl halides is 3. The lowest BCUT2D eigenvalue weighted by Gasteiger charge is -2.13. The molecule has 0 bridgehead atoms. The van der Waals surface area contributed by atoms with E-state index < -0.39 is 11.7 Å². The van der Waals surface area contributed by atoms with Gasteiger partial charge in [0.1, 0.15) is 5.75 Å². The van der Waals surface area contributed by atoms with E-state index in [0.29, 0.717) is 24.7 Å². The lowest BCUT2D eigenvalue weighted by atomic mass is 9.92. The first-order valence-electron chi connectivity index (χ1n) is 12.9. The smallest absolute Gasteiger partial charge is 0.419 e.